The molecule has 0 aliphatic carbocycles. The summed E-state index contributed by atoms with van der Waals surface area (Å²) in [6.45, 7) is 0.282. The standard InChI is InChI=1S/C19H17F3N6O3S/c1-23-18(30)28-14-7-11(5-6-24-14)9-25-16-15(32-10-26-16)17(29)27-12-3-2-4-13(8-12)31-19(20,21)22/h2-8,10,25H,9H2,1H3,(H,27,29)(H2,23,24,28,30). The van der Waals surface area contributed by atoms with Gasteiger partial charge in [-0.05, 0) is 29.8 Å². The molecule has 9 nitrogen and oxygen atoms in total. The van der Waals surface area contributed by atoms with E-state index in [1.54, 1.807) is 12.1 Å². The molecule has 0 fully saturated rings. The Balaban J connectivity index is 1.64. The number of carbonyl (C=O) groups is 2. The molecule has 2 heterocycles. The quantitative estimate of drug-likeness (QED) is 0.417. The zero-order valence-electron chi connectivity index (χ0n) is 16.5. The van der Waals surface area contributed by atoms with Crippen molar-refractivity contribution in [1.29, 1.82) is 0 Å². The largest absolute Gasteiger partial charge is 0.573 e. The molecule has 0 aliphatic rings. The van der Waals surface area contributed by atoms with Gasteiger partial charge in [-0.15, -0.1) is 24.5 Å². The third-order valence-electron chi connectivity index (χ3n) is 3.85. The van der Waals surface area contributed by atoms with Gasteiger partial charge in [-0.2, -0.15) is 0 Å². The minimum absolute atomic E-state index is 0.134. The monoisotopic (exact) mass is 466 g/mol. The van der Waals surface area contributed by atoms with Crippen LogP contribution in [0.25, 0.3) is 0 Å². The van der Waals surface area contributed by atoms with Crippen LogP contribution in [0.4, 0.5) is 35.3 Å². The highest BCUT2D eigenvalue weighted by Crippen LogP contribution is 2.26. The van der Waals surface area contributed by atoms with Gasteiger partial charge in [0.1, 0.15) is 22.3 Å². The number of nitrogens with one attached hydrogen (secondary N) is 4. The maximum absolute atomic E-state index is 12.6. The third kappa shape index (κ3) is 6.57. The Morgan fingerprint density at radius 2 is 1.94 bits per heavy atom. The van der Waals surface area contributed by atoms with Crippen LogP contribution in [0.5, 0.6) is 5.75 Å². The maximum atomic E-state index is 12.6. The number of alkyl halides is 3. The Labute approximate surface area is 184 Å². The predicted molar refractivity (Wildman–Crippen MR) is 113 cm³/mol. The van der Waals surface area contributed by atoms with E-state index in [9.17, 15) is 22.8 Å². The number of hydrogen-bond donors (Lipinski definition) is 4. The van der Waals surface area contributed by atoms with Gasteiger partial charge in [0.15, 0.2) is 0 Å². The molecule has 0 spiro atoms. The van der Waals surface area contributed by atoms with Gasteiger partial charge in [0, 0.05) is 31.5 Å². The highest BCUT2D eigenvalue weighted by molar-refractivity contribution is 7.12. The van der Waals surface area contributed by atoms with Crippen LogP contribution in [-0.4, -0.2) is 35.3 Å². The predicted octanol–water partition coefficient (Wildman–Crippen LogP) is 4.05. The Kier molecular flexibility index (Phi) is 7.10. The van der Waals surface area contributed by atoms with E-state index in [2.05, 4.69) is 36.0 Å². The van der Waals surface area contributed by atoms with E-state index in [-0.39, 0.29) is 17.1 Å². The molecule has 168 valence electrons. The molecule has 0 bridgehead atoms. The van der Waals surface area contributed by atoms with Crippen molar-refractivity contribution in [3.8, 4) is 5.75 Å². The minimum Gasteiger partial charge on any atom is -0.406 e. The van der Waals surface area contributed by atoms with Crippen molar-refractivity contribution in [3.05, 3.63) is 58.5 Å². The molecule has 32 heavy (non-hydrogen) atoms. The van der Waals surface area contributed by atoms with Gasteiger partial charge in [0.25, 0.3) is 5.91 Å². The number of benzene rings is 1. The number of ether oxygens (including phenoxy) is 1. The van der Waals surface area contributed by atoms with E-state index in [0.29, 0.717) is 11.6 Å². The topological polar surface area (TPSA) is 117 Å². The van der Waals surface area contributed by atoms with E-state index in [0.717, 1.165) is 29.0 Å². The SMILES string of the molecule is CNC(=O)Nc1cc(CNc2ncsc2C(=O)Nc2cccc(OC(F)(F)F)c2)ccn1. The van der Waals surface area contributed by atoms with Crippen LogP contribution in [0.15, 0.2) is 48.1 Å². The molecule has 0 saturated carbocycles. The molecule has 0 radical (unpaired) electrons. The average Bonchev–Trinajstić information content (AvgIpc) is 3.20. The van der Waals surface area contributed by atoms with E-state index in [4.69, 9.17) is 0 Å². The molecule has 4 N–H and O–H groups in total. The highest BCUT2D eigenvalue weighted by Gasteiger charge is 2.31. The summed E-state index contributed by atoms with van der Waals surface area (Å²) in [6, 6.07) is 7.93. The number of carbonyl (C=O) groups excluding carboxylic acids is 2. The summed E-state index contributed by atoms with van der Waals surface area (Å²) in [5.41, 5.74) is 2.36. The zero-order valence-corrected chi connectivity index (χ0v) is 17.3. The summed E-state index contributed by atoms with van der Waals surface area (Å²) < 4.78 is 41.0. The second kappa shape index (κ2) is 9.96. The maximum Gasteiger partial charge on any atom is 0.573 e. The first-order chi connectivity index (χ1) is 15.2. The summed E-state index contributed by atoms with van der Waals surface area (Å²) in [7, 11) is 1.48. The molecule has 0 unspecified atom stereocenters. The summed E-state index contributed by atoms with van der Waals surface area (Å²) >= 11 is 1.07. The number of amides is 3. The number of hydrogen-bond acceptors (Lipinski definition) is 7. The van der Waals surface area contributed by atoms with E-state index < -0.39 is 24.1 Å². The summed E-state index contributed by atoms with van der Waals surface area (Å²) in [5.74, 6) is -0.346. The fourth-order valence-corrected chi connectivity index (χ4v) is 3.17. The van der Waals surface area contributed by atoms with Crippen LogP contribution < -0.4 is 26.0 Å². The number of halogens is 3. The fourth-order valence-electron chi connectivity index (χ4n) is 2.51. The molecule has 3 rings (SSSR count). The van der Waals surface area contributed by atoms with Gasteiger partial charge in [-0.1, -0.05) is 6.07 Å². The molecule has 3 amide bonds. The lowest BCUT2D eigenvalue weighted by Crippen LogP contribution is -2.25. The molecular weight excluding hydrogens is 449 g/mol. The third-order valence-corrected chi connectivity index (χ3v) is 4.68. The van der Waals surface area contributed by atoms with Gasteiger partial charge in [-0.25, -0.2) is 14.8 Å². The number of aromatic nitrogens is 2. The number of pyridine rings is 1. The Hall–Kier alpha value is -3.87. The molecule has 2 aromatic heterocycles. The summed E-state index contributed by atoms with van der Waals surface area (Å²) in [6.07, 6.45) is -3.31. The van der Waals surface area contributed by atoms with Crippen molar-refractivity contribution in [2.24, 2.45) is 0 Å². The van der Waals surface area contributed by atoms with Crippen molar-refractivity contribution < 1.29 is 27.5 Å². The van der Waals surface area contributed by atoms with Crippen molar-refractivity contribution in [2.45, 2.75) is 12.9 Å². The van der Waals surface area contributed by atoms with Gasteiger partial charge in [0.05, 0.1) is 5.51 Å². The number of anilines is 3. The fraction of sp³-hybridized carbons (Fsp3) is 0.158. The normalized spacial score (nSPS) is 10.9. The van der Waals surface area contributed by atoms with Crippen LogP contribution in [0.1, 0.15) is 15.2 Å². The first-order valence-electron chi connectivity index (χ1n) is 9.01. The van der Waals surface area contributed by atoms with Crippen molar-refractivity contribution in [1.82, 2.24) is 15.3 Å². The van der Waals surface area contributed by atoms with Crippen molar-refractivity contribution in [2.75, 3.05) is 23.0 Å². The average molecular weight is 466 g/mol. The lowest BCUT2D eigenvalue weighted by molar-refractivity contribution is -0.274. The molecule has 13 heteroatoms. The second-order valence-corrected chi connectivity index (χ2v) is 7.02. The number of nitrogens with zero attached hydrogens (tertiary/aromatic N) is 2. The van der Waals surface area contributed by atoms with Crippen LogP contribution in [-0.2, 0) is 6.54 Å². The van der Waals surface area contributed by atoms with E-state index in [1.165, 1.54) is 30.9 Å². The first-order valence-corrected chi connectivity index (χ1v) is 9.89. The Bertz CT molecular complexity index is 1110. The minimum atomic E-state index is -4.83. The van der Waals surface area contributed by atoms with Gasteiger partial charge in [0.2, 0.25) is 0 Å². The van der Waals surface area contributed by atoms with Gasteiger partial charge >= 0.3 is 12.4 Å². The zero-order chi connectivity index (χ0) is 23.1. The Morgan fingerprint density at radius 3 is 2.69 bits per heavy atom. The van der Waals surface area contributed by atoms with Gasteiger partial charge in [-0.3, -0.25) is 10.1 Å². The van der Waals surface area contributed by atoms with Crippen LogP contribution in [0.2, 0.25) is 0 Å². The molecule has 0 atom stereocenters. The number of rotatable bonds is 7. The van der Waals surface area contributed by atoms with Crippen molar-refractivity contribution >= 4 is 40.6 Å². The van der Waals surface area contributed by atoms with Crippen LogP contribution in [0, 0.1) is 0 Å². The number of urea groups is 1. The van der Waals surface area contributed by atoms with E-state index >= 15 is 0 Å². The molecule has 1 aromatic carbocycles. The van der Waals surface area contributed by atoms with Crippen LogP contribution >= 0.6 is 11.3 Å². The lowest BCUT2D eigenvalue weighted by Gasteiger charge is -2.11. The van der Waals surface area contributed by atoms with Crippen LogP contribution in [0.3, 0.4) is 0 Å². The molecule has 0 saturated heterocycles. The van der Waals surface area contributed by atoms with Crippen molar-refractivity contribution in [3.63, 3.8) is 0 Å². The number of thiazole rings is 1. The Morgan fingerprint density at radius 1 is 1.12 bits per heavy atom. The first kappa shape index (κ1) is 22.8. The summed E-state index contributed by atoms with van der Waals surface area (Å²) in [5, 5.41) is 10.5. The second-order valence-electron chi connectivity index (χ2n) is 6.17. The summed E-state index contributed by atoms with van der Waals surface area (Å²) in [4.78, 5) is 32.4. The smallest absolute Gasteiger partial charge is 0.406 e. The van der Waals surface area contributed by atoms with Gasteiger partial charge < -0.3 is 20.7 Å². The molecular formula is C19H17F3N6O3S. The molecule has 3 aromatic rings. The lowest BCUT2D eigenvalue weighted by atomic mass is 10.2. The van der Waals surface area contributed by atoms with E-state index in [1.807, 2.05) is 0 Å². The highest BCUT2D eigenvalue weighted by atomic mass is 32.1. The molecule has 0 aliphatic heterocycles.